The fourth-order valence-corrected chi connectivity index (χ4v) is 0.897. The minimum absolute atomic E-state index is 0.0370. The van der Waals surface area contributed by atoms with Crippen LogP contribution in [0, 0.1) is 5.95 Å². The highest BCUT2D eigenvalue weighted by atomic mass is 19.1. The van der Waals surface area contributed by atoms with Gasteiger partial charge in [-0.25, -0.2) is 4.98 Å². The molecule has 0 aliphatic carbocycles. The van der Waals surface area contributed by atoms with Crippen molar-refractivity contribution < 1.29 is 14.0 Å². The van der Waals surface area contributed by atoms with Gasteiger partial charge in [0.1, 0.15) is 0 Å². The number of carbonyl (C=O) groups is 2. The first-order chi connectivity index (χ1) is 5.66. The largest absolute Gasteiger partial charge is 0.298 e. The Kier molecular flexibility index (Phi) is 2.28. The van der Waals surface area contributed by atoms with Crippen LogP contribution in [0.4, 0.5) is 4.39 Å². The highest BCUT2D eigenvalue weighted by Gasteiger charge is 2.12. The highest BCUT2D eigenvalue weighted by Crippen LogP contribution is 2.09. The normalized spacial score (nSPS) is 9.50. The van der Waals surface area contributed by atoms with Crippen molar-refractivity contribution in [2.75, 3.05) is 0 Å². The average molecular weight is 167 g/mol. The van der Waals surface area contributed by atoms with Gasteiger partial charge in [-0.1, -0.05) is 0 Å². The summed E-state index contributed by atoms with van der Waals surface area (Å²) in [5, 5.41) is 0. The van der Waals surface area contributed by atoms with Crippen LogP contribution in [0.1, 0.15) is 27.6 Å². The van der Waals surface area contributed by atoms with E-state index in [2.05, 4.69) is 4.98 Å². The molecule has 0 atom stereocenters. The number of hydrogen-bond acceptors (Lipinski definition) is 3. The first kappa shape index (κ1) is 8.52. The summed E-state index contributed by atoms with van der Waals surface area (Å²) in [6, 6.07) is 1.30. The van der Waals surface area contributed by atoms with E-state index >= 15 is 0 Å². The second kappa shape index (κ2) is 3.21. The lowest BCUT2D eigenvalue weighted by molar-refractivity contribution is 0.1000. The van der Waals surface area contributed by atoms with Crippen molar-refractivity contribution in [3.05, 3.63) is 29.3 Å². The first-order valence-electron chi connectivity index (χ1n) is 3.27. The molecule has 4 heteroatoms. The maximum Gasteiger partial charge on any atom is 0.224 e. The second-order valence-electron chi connectivity index (χ2n) is 2.24. The minimum atomic E-state index is -0.896. The molecule has 1 rings (SSSR count). The molecule has 0 radical (unpaired) electrons. The van der Waals surface area contributed by atoms with Crippen molar-refractivity contribution in [3.63, 3.8) is 0 Å². The lowest BCUT2D eigenvalue weighted by Gasteiger charge is -1.99. The van der Waals surface area contributed by atoms with Crippen molar-refractivity contribution in [3.8, 4) is 0 Å². The third-order valence-corrected chi connectivity index (χ3v) is 1.42. The van der Waals surface area contributed by atoms with Crippen molar-refractivity contribution in [1.82, 2.24) is 4.98 Å². The predicted molar refractivity (Wildman–Crippen MR) is 39.6 cm³/mol. The Morgan fingerprint density at radius 1 is 1.67 bits per heavy atom. The van der Waals surface area contributed by atoms with E-state index in [9.17, 15) is 14.0 Å². The molecule has 62 valence electrons. The number of carbonyl (C=O) groups excluding carboxylic acids is 2. The molecule has 1 aromatic rings. The summed E-state index contributed by atoms with van der Waals surface area (Å²) in [7, 11) is 0. The Morgan fingerprint density at radius 2 is 2.33 bits per heavy atom. The van der Waals surface area contributed by atoms with Crippen LogP contribution in [0.2, 0.25) is 0 Å². The predicted octanol–water partition coefficient (Wildman–Crippen LogP) is 1.24. The van der Waals surface area contributed by atoms with Crippen molar-refractivity contribution >= 4 is 12.1 Å². The third kappa shape index (κ3) is 1.37. The number of rotatable bonds is 2. The van der Waals surface area contributed by atoms with Gasteiger partial charge in [0.2, 0.25) is 5.95 Å². The number of hydrogen-bond donors (Lipinski definition) is 0. The van der Waals surface area contributed by atoms with Gasteiger partial charge in [-0.2, -0.15) is 4.39 Å². The molecule has 1 aromatic heterocycles. The maximum atomic E-state index is 12.8. The molecule has 0 saturated carbocycles. The number of ketones is 1. The van der Waals surface area contributed by atoms with Crippen molar-refractivity contribution in [1.29, 1.82) is 0 Å². The quantitative estimate of drug-likeness (QED) is 0.378. The van der Waals surface area contributed by atoms with Crippen molar-refractivity contribution in [2.45, 2.75) is 6.92 Å². The summed E-state index contributed by atoms with van der Waals surface area (Å²) in [6.45, 7) is 1.19. The summed E-state index contributed by atoms with van der Waals surface area (Å²) in [6.07, 6.45) is 1.58. The number of nitrogens with zero attached hydrogens (tertiary/aromatic N) is 1. The summed E-state index contributed by atoms with van der Waals surface area (Å²) >= 11 is 0. The Hall–Kier alpha value is -1.58. The zero-order valence-corrected chi connectivity index (χ0v) is 6.37. The zero-order valence-electron chi connectivity index (χ0n) is 6.37. The minimum Gasteiger partial charge on any atom is -0.298 e. The molecule has 0 aliphatic heterocycles. The van der Waals surface area contributed by atoms with Crippen LogP contribution in [-0.2, 0) is 0 Å². The van der Waals surface area contributed by atoms with Crippen LogP contribution >= 0.6 is 0 Å². The Bertz CT molecular complexity index is 336. The van der Waals surface area contributed by atoms with Gasteiger partial charge in [-0.05, 0) is 13.0 Å². The molecule has 0 spiro atoms. The summed E-state index contributed by atoms with van der Waals surface area (Å²) in [5.41, 5.74) is -0.206. The van der Waals surface area contributed by atoms with Crippen LogP contribution in [0.15, 0.2) is 12.3 Å². The summed E-state index contributed by atoms with van der Waals surface area (Å²) < 4.78 is 12.8. The molecule has 0 unspecified atom stereocenters. The molecule has 0 bridgehead atoms. The summed E-state index contributed by atoms with van der Waals surface area (Å²) in [4.78, 5) is 24.4. The number of pyridine rings is 1. The highest BCUT2D eigenvalue weighted by molar-refractivity contribution is 6.01. The monoisotopic (exact) mass is 167 g/mol. The maximum absolute atomic E-state index is 12.8. The van der Waals surface area contributed by atoms with Gasteiger partial charge in [0.25, 0.3) is 0 Å². The molecule has 3 nitrogen and oxygen atoms in total. The number of halogens is 1. The zero-order chi connectivity index (χ0) is 9.14. The summed E-state index contributed by atoms with van der Waals surface area (Å²) in [5.74, 6) is -1.39. The number of Topliss-reactive ketones (excluding diaryl/α,β-unsaturated/α-hetero) is 1. The molecule has 0 N–H and O–H groups in total. The van der Waals surface area contributed by atoms with Crippen molar-refractivity contribution in [2.24, 2.45) is 0 Å². The lowest BCUT2D eigenvalue weighted by Crippen LogP contribution is -2.04. The van der Waals surface area contributed by atoms with E-state index in [1.165, 1.54) is 13.0 Å². The first-order valence-corrected chi connectivity index (χ1v) is 3.27. The molecule has 0 amide bonds. The second-order valence-corrected chi connectivity index (χ2v) is 2.24. The van der Waals surface area contributed by atoms with Crippen LogP contribution in [0.5, 0.6) is 0 Å². The third-order valence-electron chi connectivity index (χ3n) is 1.42. The van der Waals surface area contributed by atoms with Gasteiger partial charge >= 0.3 is 0 Å². The van der Waals surface area contributed by atoms with Crippen LogP contribution in [-0.4, -0.2) is 17.1 Å². The molecule has 12 heavy (non-hydrogen) atoms. The molecule has 0 aromatic carbocycles. The Morgan fingerprint density at radius 3 is 2.75 bits per heavy atom. The van der Waals surface area contributed by atoms with Gasteiger partial charge in [-0.15, -0.1) is 0 Å². The fraction of sp³-hybridized carbons (Fsp3) is 0.125. The Balaban J connectivity index is 3.39. The van der Waals surface area contributed by atoms with E-state index in [1.54, 1.807) is 0 Å². The van der Waals surface area contributed by atoms with E-state index in [-0.39, 0.29) is 11.1 Å². The van der Waals surface area contributed by atoms with E-state index in [0.29, 0.717) is 6.29 Å². The standard InChI is InChI=1S/C8H6FNO2/c1-5(12)7-6(4-11)2-3-10-8(7)9/h2-4H,1H3. The molecular weight excluding hydrogens is 161 g/mol. The van der Waals surface area contributed by atoms with Crippen LogP contribution < -0.4 is 0 Å². The van der Waals surface area contributed by atoms with E-state index in [0.717, 1.165) is 6.20 Å². The molecule has 0 aliphatic rings. The van der Waals surface area contributed by atoms with Gasteiger partial charge in [0.05, 0.1) is 5.56 Å². The number of aromatic nitrogens is 1. The van der Waals surface area contributed by atoms with Gasteiger partial charge in [-0.3, -0.25) is 9.59 Å². The Labute approximate surface area is 68.2 Å². The van der Waals surface area contributed by atoms with Gasteiger partial charge in [0.15, 0.2) is 12.1 Å². The average Bonchev–Trinajstić information content (AvgIpc) is 2.03. The van der Waals surface area contributed by atoms with E-state index in [1.807, 2.05) is 0 Å². The molecule has 0 saturated heterocycles. The van der Waals surface area contributed by atoms with Crippen LogP contribution in [0.3, 0.4) is 0 Å². The SMILES string of the molecule is CC(=O)c1c(C=O)ccnc1F. The van der Waals surface area contributed by atoms with E-state index in [4.69, 9.17) is 0 Å². The smallest absolute Gasteiger partial charge is 0.224 e. The molecular formula is C8H6FNO2. The fourth-order valence-electron chi connectivity index (χ4n) is 0.897. The lowest BCUT2D eigenvalue weighted by atomic mass is 10.1. The van der Waals surface area contributed by atoms with Crippen LogP contribution in [0.25, 0.3) is 0 Å². The van der Waals surface area contributed by atoms with Gasteiger partial charge < -0.3 is 0 Å². The molecule has 0 fully saturated rings. The topological polar surface area (TPSA) is 47.0 Å². The van der Waals surface area contributed by atoms with E-state index < -0.39 is 11.7 Å². The number of aldehydes is 1. The van der Waals surface area contributed by atoms with Gasteiger partial charge in [0, 0.05) is 11.8 Å². The molecule has 1 heterocycles.